The van der Waals surface area contributed by atoms with E-state index in [9.17, 15) is 0 Å². The van der Waals surface area contributed by atoms with E-state index in [1.807, 2.05) is 24.3 Å². The van der Waals surface area contributed by atoms with Crippen LogP contribution >= 0.6 is 11.3 Å². The summed E-state index contributed by atoms with van der Waals surface area (Å²) in [5.74, 6) is 2.67. The molecule has 0 saturated carbocycles. The third-order valence-corrected chi connectivity index (χ3v) is 4.94. The fourth-order valence-corrected chi connectivity index (χ4v) is 3.24. The van der Waals surface area contributed by atoms with Crippen molar-refractivity contribution in [3.63, 3.8) is 0 Å². The highest BCUT2D eigenvalue weighted by atomic mass is 32.1. The zero-order chi connectivity index (χ0) is 18.7. The van der Waals surface area contributed by atoms with Crippen LogP contribution in [0.2, 0.25) is 0 Å². The SMILES string of the molecule is COc1ccc(CCNC(=NCc2cccs2)NCCc2ccco2)cc1. The van der Waals surface area contributed by atoms with Crippen molar-refractivity contribution < 1.29 is 9.15 Å². The van der Waals surface area contributed by atoms with E-state index in [1.54, 1.807) is 24.7 Å². The van der Waals surface area contributed by atoms with Crippen LogP contribution in [-0.4, -0.2) is 26.2 Å². The van der Waals surface area contributed by atoms with Gasteiger partial charge in [0.2, 0.25) is 0 Å². The molecule has 0 aliphatic heterocycles. The minimum Gasteiger partial charge on any atom is -0.497 e. The van der Waals surface area contributed by atoms with Gasteiger partial charge in [-0.05, 0) is 47.7 Å². The highest BCUT2D eigenvalue weighted by Gasteiger charge is 2.02. The first-order valence-electron chi connectivity index (χ1n) is 9.03. The number of furan rings is 1. The number of nitrogens with zero attached hydrogens (tertiary/aromatic N) is 1. The fourth-order valence-electron chi connectivity index (χ4n) is 2.61. The van der Waals surface area contributed by atoms with E-state index in [-0.39, 0.29) is 0 Å². The predicted octanol–water partition coefficient (Wildman–Crippen LogP) is 3.87. The maximum atomic E-state index is 5.38. The molecule has 0 radical (unpaired) electrons. The largest absolute Gasteiger partial charge is 0.497 e. The zero-order valence-corrected chi connectivity index (χ0v) is 16.3. The van der Waals surface area contributed by atoms with Crippen LogP contribution in [0.25, 0.3) is 0 Å². The lowest BCUT2D eigenvalue weighted by Gasteiger charge is -2.12. The molecule has 0 amide bonds. The molecule has 0 atom stereocenters. The molecule has 0 unspecified atom stereocenters. The Morgan fingerprint density at radius 3 is 2.52 bits per heavy atom. The Kier molecular flexibility index (Phi) is 7.35. The maximum Gasteiger partial charge on any atom is 0.191 e. The van der Waals surface area contributed by atoms with Crippen molar-refractivity contribution in [3.05, 3.63) is 76.4 Å². The Morgan fingerprint density at radius 2 is 1.85 bits per heavy atom. The molecule has 0 saturated heterocycles. The molecule has 27 heavy (non-hydrogen) atoms. The fraction of sp³-hybridized carbons (Fsp3) is 0.286. The molecule has 0 fully saturated rings. The number of methoxy groups -OCH3 is 1. The number of hydrogen-bond donors (Lipinski definition) is 2. The van der Waals surface area contributed by atoms with Gasteiger partial charge in [-0.15, -0.1) is 11.3 Å². The van der Waals surface area contributed by atoms with Crippen molar-refractivity contribution in [3.8, 4) is 5.75 Å². The Hall–Kier alpha value is -2.73. The first-order chi connectivity index (χ1) is 13.3. The average Bonchev–Trinajstić information content (AvgIpc) is 3.40. The van der Waals surface area contributed by atoms with E-state index in [1.165, 1.54) is 10.4 Å². The average molecular weight is 384 g/mol. The van der Waals surface area contributed by atoms with Gasteiger partial charge in [0.15, 0.2) is 5.96 Å². The molecule has 0 aliphatic rings. The van der Waals surface area contributed by atoms with Gasteiger partial charge >= 0.3 is 0 Å². The van der Waals surface area contributed by atoms with Gasteiger partial charge in [0.05, 0.1) is 19.9 Å². The second-order valence-electron chi connectivity index (χ2n) is 6.03. The van der Waals surface area contributed by atoms with Gasteiger partial charge < -0.3 is 19.8 Å². The van der Waals surface area contributed by atoms with Crippen LogP contribution in [-0.2, 0) is 19.4 Å². The molecular formula is C21H25N3O2S. The minimum atomic E-state index is 0.677. The lowest BCUT2D eigenvalue weighted by Crippen LogP contribution is -2.39. The van der Waals surface area contributed by atoms with Crippen LogP contribution in [0.15, 0.2) is 69.6 Å². The van der Waals surface area contributed by atoms with Gasteiger partial charge in [0.25, 0.3) is 0 Å². The summed E-state index contributed by atoms with van der Waals surface area (Å²) >= 11 is 1.72. The molecule has 3 rings (SSSR count). The summed E-state index contributed by atoms with van der Waals surface area (Å²) in [5, 5.41) is 8.88. The van der Waals surface area contributed by atoms with Crippen molar-refractivity contribution in [2.24, 2.45) is 4.99 Å². The van der Waals surface area contributed by atoms with Crippen LogP contribution in [0, 0.1) is 0 Å². The topological polar surface area (TPSA) is 58.8 Å². The summed E-state index contributed by atoms with van der Waals surface area (Å²) in [7, 11) is 1.68. The van der Waals surface area contributed by atoms with Crippen molar-refractivity contribution in [1.29, 1.82) is 0 Å². The first-order valence-corrected chi connectivity index (χ1v) is 9.91. The smallest absolute Gasteiger partial charge is 0.191 e. The Morgan fingerprint density at radius 1 is 1.04 bits per heavy atom. The normalized spacial score (nSPS) is 11.4. The van der Waals surface area contributed by atoms with Crippen molar-refractivity contribution >= 4 is 17.3 Å². The van der Waals surface area contributed by atoms with Gasteiger partial charge in [0.1, 0.15) is 11.5 Å². The lowest BCUT2D eigenvalue weighted by molar-refractivity contribution is 0.414. The van der Waals surface area contributed by atoms with E-state index in [0.29, 0.717) is 6.54 Å². The molecule has 5 nitrogen and oxygen atoms in total. The third kappa shape index (κ3) is 6.49. The van der Waals surface area contributed by atoms with E-state index < -0.39 is 0 Å². The van der Waals surface area contributed by atoms with E-state index in [0.717, 1.165) is 43.4 Å². The molecule has 6 heteroatoms. The third-order valence-electron chi connectivity index (χ3n) is 4.08. The van der Waals surface area contributed by atoms with Gasteiger partial charge in [0, 0.05) is 24.4 Å². The summed E-state index contributed by atoms with van der Waals surface area (Å²) in [6, 6.07) is 16.2. The zero-order valence-electron chi connectivity index (χ0n) is 15.5. The molecular weight excluding hydrogens is 358 g/mol. The summed E-state index contributed by atoms with van der Waals surface area (Å²) in [6.45, 7) is 2.26. The van der Waals surface area contributed by atoms with Gasteiger partial charge in [-0.25, -0.2) is 4.99 Å². The maximum absolute atomic E-state index is 5.38. The summed E-state index contributed by atoms with van der Waals surface area (Å²) < 4.78 is 10.6. The molecule has 2 N–H and O–H groups in total. The number of thiophene rings is 1. The first kappa shape index (κ1) is 19.0. The Bertz CT molecular complexity index is 797. The monoisotopic (exact) mass is 383 g/mol. The molecule has 0 aliphatic carbocycles. The Balaban J connectivity index is 1.50. The van der Waals surface area contributed by atoms with Crippen LogP contribution in [0.5, 0.6) is 5.75 Å². The number of hydrogen-bond acceptors (Lipinski definition) is 4. The van der Waals surface area contributed by atoms with Gasteiger partial charge in [-0.1, -0.05) is 18.2 Å². The predicted molar refractivity (Wildman–Crippen MR) is 111 cm³/mol. The summed E-state index contributed by atoms with van der Waals surface area (Å²) in [6.07, 6.45) is 3.45. The van der Waals surface area contributed by atoms with Crippen molar-refractivity contribution in [2.45, 2.75) is 19.4 Å². The van der Waals surface area contributed by atoms with Crippen LogP contribution in [0.3, 0.4) is 0 Å². The molecule has 1 aromatic carbocycles. The second kappa shape index (κ2) is 10.4. The molecule has 2 aromatic heterocycles. The van der Waals surface area contributed by atoms with Gasteiger partial charge in [-0.2, -0.15) is 0 Å². The number of ether oxygens (including phenoxy) is 1. The van der Waals surface area contributed by atoms with Gasteiger partial charge in [-0.3, -0.25) is 0 Å². The van der Waals surface area contributed by atoms with Crippen LogP contribution in [0.4, 0.5) is 0 Å². The molecule has 2 heterocycles. The van der Waals surface area contributed by atoms with Crippen molar-refractivity contribution in [2.75, 3.05) is 20.2 Å². The van der Waals surface area contributed by atoms with Crippen molar-refractivity contribution in [1.82, 2.24) is 10.6 Å². The molecule has 0 spiro atoms. The molecule has 142 valence electrons. The lowest BCUT2D eigenvalue weighted by atomic mass is 10.1. The highest BCUT2D eigenvalue weighted by molar-refractivity contribution is 7.09. The highest BCUT2D eigenvalue weighted by Crippen LogP contribution is 2.11. The minimum absolute atomic E-state index is 0.677. The van der Waals surface area contributed by atoms with Crippen LogP contribution < -0.4 is 15.4 Å². The number of guanidine groups is 1. The quantitative estimate of drug-likeness (QED) is 0.435. The van der Waals surface area contributed by atoms with Crippen LogP contribution in [0.1, 0.15) is 16.2 Å². The Labute approximate surface area is 164 Å². The summed E-state index contributed by atoms with van der Waals surface area (Å²) in [4.78, 5) is 5.95. The standard InChI is InChI=1S/C21H25N3O2S/c1-25-18-8-6-17(7-9-18)10-12-22-21(24-16-20-5-3-15-27-20)23-13-11-19-4-2-14-26-19/h2-9,14-15H,10-13,16H2,1H3,(H2,22,23,24). The second-order valence-corrected chi connectivity index (χ2v) is 7.06. The van der Waals surface area contributed by atoms with E-state index >= 15 is 0 Å². The number of aliphatic imine (C=N–C) groups is 1. The summed E-state index contributed by atoms with van der Waals surface area (Å²) in [5.41, 5.74) is 1.26. The number of benzene rings is 1. The van der Waals surface area contributed by atoms with E-state index in [2.05, 4.69) is 40.3 Å². The number of nitrogens with one attached hydrogen (secondary N) is 2. The molecule has 3 aromatic rings. The molecule has 0 bridgehead atoms. The number of rotatable bonds is 9. The van der Waals surface area contributed by atoms with E-state index in [4.69, 9.17) is 14.1 Å².